The molecule has 7 nitrogen and oxygen atoms in total. The molecule has 0 aliphatic heterocycles. The molecule has 0 unspecified atom stereocenters. The van der Waals surface area contributed by atoms with Gasteiger partial charge in [-0.2, -0.15) is 0 Å². The van der Waals surface area contributed by atoms with Gasteiger partial charge in [-0.25, -0.2) is 15.8 Å². The van der Waals surface area contributed by atoms with E-state index in [0.29, 0.717) is 22.9 Å². The summed E-state index contributed by atoms with van der Waals surface area (Å²) in [4.78, 5) is 8.19. The first-order chi connectivity index (χ1) is 13.1. The van der Waals surface area contributed by atoms with Crippen molar-refractivity contribution in [3.63, 3.8) is 0 Å². The summed E-state index contributed by atoms with van der Waals surface area (Å²) in [6.45, 7) is 1.98. The third-order valence-corrected chi connectivity index (χ3v) is 3.61. The Balaban J connectivity index is 2.29. The van der Waals surface area contributed by atoms with E-state index in [4.69, 9.17) is 21.1 Å². The van der Waals surface area contributed by atoms with Gasteiger partial charge in [0.05, 0.1) is 18.5 Å². The lowest BCUT2D eigenvalue weighted by Crippen LogP contribution is -2.25. The summed E-state index contributed by atoms with van der Waals surface area (Å²) < 4.78 is 11.1. The van der Waals surface area contributed by atoms with Gasteiger partial charge < -0.3 is 15.2 Å². The Labute approximate surface area is 159 Å². The first-order valence-corrected chi connectivity index (χ1v) is 8.50. The third-order valence-electron chi connectivity index (χ3n) is 3.61. The number of hydrogen-bond acceptors (Lipinski definition) is 6. The number of benzene rings is 2. The van der Waals surface area contributed by atoms with Crippen molar-refractivity contribution in [3.8, 4) is 11.5 Å². The van der Waals surface area contributed by atoms with Gasteiger partial charge in [-0.3, -0.25) is 5.01 Å². The molecule has 7 heteroatoms. The number of hydrazine groups is 1. The number of methoxy groups -OCH3 is 1. The van der Waals surface area contributed by atoms with Crippen LogP contribution in [0.3, 0.4) is 0 Å². The van der Waals surface area contributed by atoms with Crippen LogP contribution in [-0.4, -0.2) is 26.4 Å². The first kappa shape index (κ1) is 20.0. The van der Waals surface area contributed by atoms with Gasteiger partial charge >= 0.3 is 6.02 Å². The minimum atomic E-state index is 0.232. The average molecular weight is 367 g/mol. The van der Waals surface area contributed by atoms with Crippen molar-refractivity contribution in [1.29, 1.82) is 0 Å². The van der Waals surface area contributed by atoms with Crippen LogP contribution in [0.15, 0.2) is 64.7 Å². The molecule has 0 aliphatic rings. The predicted molar refractivity (Wildman–Crippen MR) is 111 cm³/mol. The summed E-state index contributed by atoms with van der Waals surface area (Å²) in [5.74, 6) is 7.15. The zero-order valence-electron chi connectivity index (χ0n) is 15.8. The molecule has 0 saturated carbocycles. The summed E-state index contributed by atoms with van der Waals surface area (Å²) in [6.07, 6.45) is 4.14. The zero-order valence-corrected chi connectivity index (χ0v) is 15.8. The maximum atomic E-state index is 6.16. The Bertz CT molecular complexity index is 832. The summed E-state index contributed by atoms with van der Waals surface area (Å²) in [5, 5.41) is 1.42. The highest BCUT2D eigenvalue weighted by molar-refractivity contribution is 5.85. The molecular weight excluding hydrogens is 342 g/mol. The fraction of sp³-hybridized carbons (Fsp3) is 0.200. The largest absolute Gasteiger partial charge is 0.493 e. The van der Waals surface area contributed by atoms with Crippen LogP contribution < -0.4 is 26.1 Å². The van der Waals surface area contributed by atoms with Crippen molar-refractivity contribution < 1.29 is 9.47 Å². The van der Waals surface area contributed by atoms with Crippen LogP contribution in [0.2, 0.25) is 0 Å². The van der Waals surface area contributed by atoms with Gasteiger partial charge in [-0.05, 0) is 24.1 Å². The maximum Gasteiger partial charge on any atom is 0.316 e. The van der Waals surface area contributed by atoms with Crippen LogP contribution >= 0.6 is 0 Å². The summed E-state index contributed by atoms with van der Waals surface area (Å²) in [6, 6.07) is 15.1. The Morgan fingerprint density at radius 2 is 1.89 bits per heavy atom. The molecule has 0 saturated heterocycles. The highest BCUT2D eigenvalue weighted by atomic mass is 16.5. The van der Waals surface area contributed by atoms with Crippen molar-refractivity contribution in [3.05, 3.63) is 60.3 Å². The summed E-state index contributed by atoms with van der Waals surface area (Å²) in [7, 11) is 3.17. The van der Waals surface area contributed by atoms with Crippen molar-refractivity contribution >= 4 is 23.6 Å². The lowest BCUT2D eigenvalue weighted by atomic mass is 10.2. The van der Waals surface area contributed by atoms with Gasteiger partial charge in [0.2, 0.25) is 0 Å². The van der Waals surface area contributed by atoms with E-state index in [0.717, 1.165) is 12.0 Å². The molecule has 0 aromatic heterocycles. The molecular formula is C20H25N5O2. The van der Waals surface area contributed by atoms with E-state index in [-0.39, 0.29) is 6.02 Å². The Morgan fingerprint density at radius 1 is 1.15 bits per heavy atom. The normalized spacial score (nSPS) is 12.3. The van der Waals surface area contributed by atoms with Crippen LogP contribution in [0.5, 0.6) is 11.5 Å². The van der Waals surface area contributed by atoms with Gasteiger partial charge in [0, 0.05) is 25.5 Å². The third kappa shape index (κ3) is 5.58. The smallest absolute Gasteiger partial charge is 0.316 e. The van der Waals surface area contributed by atoms with E-state index < -0.39 is 0 Å². The number of anilines is 1. The molecule has 0 radical (unpaired) electrons. The fourth-order valence-corrected chi connectivity index (χ4v) is 2.23. The Kier molecular flexibility index (Phi) is 7.39. The molecule has 0 bridgehead atoms. The number of nitrogens with two attached hydrogens (primary N) is 2. The van der Waals surface area contributed by atoms with Crippen LogP contribution in [0.25, 0.3) is 5.70 Å². The van der Waals surface area contributed by atoms with E-state index >= 15 is 0 Å². The molecule has 4 N–H and O–H groups in total. The Morgan fingerprint density at radius 3 is 2.52 bits per heavy atom. The predicted octanol–water partition coefficient (Wildman–Crippen LogP) is 3.18. The van der Waals surface area contributed by atoms with Gasteiger partial charge in [-0.1, -0.05) is 37.3 Å². The summed E-state index contributed by atoms with van der Waals surface area (Å²) in [5.41, 5.74) is 8.22. The number of rotatable bonds is 6. The molecule has 0 fully saturated rings. The van der Waals surface area contributed by atoms with Crippen molar-refractivity contribution in [2.75, 3.05) is 19.2 Å². The van der Waals surface area contributed by atoms with Gasteiger partial charge in [0.15, 0.2) is 11.5 Å². The molecule has 0 aliphatic carbocycles. The van der Waals surface area contributed by atoms with Gasteiger partial charge in [-0.15, -0.1) is 0 Å². The molecule has 0 heterocycles. The summed E-state index contributed by atoms with van der Waals surface area (Å²) >= 11 is 0. The lowest BCUT2D eigenvalue weighted by molar-refractivity contribution is 0.390. The number of ether oxygens (including phenoxy) is 2. The second-order valence-electron chi connectivity index (χ2n) is 5.52. The van der Waals surface area contributed by atoms with Crippen molar-refractivity contribution in [2.45, 2.75) is 13.3 Å². The van der Waals surface area contributed by atoms with Crippen LogP contribution in [0.4, 0.5) is 5.69 Å². The number of hydrogen-bond donors (Lipinski definition) is 2. The minimum Gasteiger partial charge on any atom is -0.493 e. The number of amidine groups is 1. The maximum absolute atomic E-state index is 6.16. The molecule has 0 amide bonds. The van der Waals surface area contributed by atoms with Crippen molar-refractivity contribution in [1.82, 2.24) is 0 Å². The highest BCUT2D eigenvalue weighted by Gasteiger charge is 2.11. The van der Waals surface area contributed by atoms with E-state index in [1.165, 1.54) is 5.01 Å². The van der Waals surface area contributed by atoms with Crippen molar-refractivity contribution in [2.24, 2.45) is 21.6 Å². The first-order valence-electron chi connectivity index (χ1n) is 8.50. The standard InChI is InChI=1S/C20H25N5O2/c1-4-12-24-20(23-2)27-19-13-16(10-11-18(19)26-3)25(22)14-17(21)15-8-6-5-7-9-15/h5-14H,4,21-22H2,1-3H3/b17-14-,23-20?,24-12-. The SMILES string of the molecule is CC/C=N\C(=NC)Oc1cc(N(N)/C=C(\N)c2ccccc2)ccc1OC. The number of aliphatic imine (C=N–C) groups is 2. The molecule has 2 rings (SSSR count). The van der Waals surface area contributed by atoms with Crippen LogP contribution in [0.1, 0.15) is 18.9 Å². The molecule has 27 heavy (non-hydrogen) atoms. The zero-order chi connectivity index (χ0) is 19.6. The topological polar surface area (TPSA) is 98.5 Å². The highest BCUT2D eigenvalue weighted by Crippen LogP contribution is 2.32. The van der Waals surface area contributed by atoms with E-state index in [1.807, 2.05) is 37.3 Å². The fourth-order valence-electron chi connectivity index (χ4n) is 2.23. The molecule has 2 aromatic rings. The van der Waals surface area contributed by atoms with Crippen LogP contribution in [0, 0.1) is 0 Å². The van der Waals surface area contributed by atoms with Gasteiger partial charge in [0.25, 0.3) is 0 Å². The van der Waals surface area contributed by atoms with E-state index in [1.54, 1.807) is 44.8 Å². The molecule has 0 atom stereocenters. The van der Waals surface area contributed by atoms with Crippen LogP contribution in [-0.2, 0) is 0 Å². The average Bonchev–Trinajstić information content (AvgIpc) is 2.71. The van der Waals surface area contributed by atoms with Gasteiger partial charge in [0.1, 0.15) is 0 Å². The molecule has 2 aromatic carbocycles. The quantitative estimate of drug-likeness (QED) is 0.354. The monoisotopic (exact) mass is 367 g/mol. The van der Waals surface area contributed by atoms with E-state index in [2.05, 4.69) is 9.98 Å². The molecule has 142 valence electrons. The lowest BCUT2D eigenvalue weighted by Gasteiger charge is -2.18. The second kappa shape index (κ2) is 9.98. The minimum absolute atomic E-state index is 0.232. The number of nitrogens with zero attached hydrogens (tertiary/aromatic N) is 3. The Hall–Kier alpha value is -3.32. The van der Waals surface area contributed by atoms with E-state index in [9.17, 15) is 0 Å². The second-order valence-corrected chi connectivity index (χ2v) is 5.52. The molecule has 0 spiro atoms.